The largest absolute Gasteiger partial charge is 0.394 e. The zero-order valence-corrected chi connectivity index (χ0v) is 17.3. The van der Waals surface area contributed by atoms with Gasteiger partial charge < -0.3 is 20.1 Å². The lowest BCUT2D eigenvalue weighted by Crippen LogP contribution is -2.33. The minimum atomic E-state index is -1.25. The van der Waals surface area contributed by atoms with Crippen LogP contribution in [-0.4, -0.2) is 70.5 Å². The summed E-state index contributed by atoms with van der Waals surface area (Å²) >= 11 is 0. The SMILES string of the molecule is OC[C@H]1O[C@@H](n2cnc3c(N/N=C(/c4ccccc4)c4cccnc4)ncnc32)[C@H](O)[C@@H]1O. The van der Waals surface area contributed by atoms with Crippen molar-refractivity contribution in [3.63, 3.8) is 0 Å². The Hall–Kier alpha value is -3.77. The first-order chi connectivity index (χ1) is 16.2. The number of fused-ring (bicyclic) bond motifs is 1. The lowest BCUT2D eigenvalue weighted by atomic mass is 10.0. The van der Waals surface area contributed by atoms with E-state index in [1.54, 1.807) is 12.4 Å². The zero-order valence-electron chi connectivity index (χ0n) is 17.3. The van der Waals surface area contributed by atoms with Gasteiger partial charge in [0.05, 0.1) is 18.6 Å². The van der Waals surface area contributed by atoms with Crippen molar-refractivity contribution < 1.29 is 20.1 Å². The second kappa shape index (κ2) is 9.00. The molecule has 1 saturated heterocycles. The third-order valence-corrected chi connectivity index (χ3v) is 5.41. The molecule has 33 heavy (non-hydrogen) atoms. The number of nitrogens with one attached hydrogen (secondary N) is 1. The summed E-state index contributed by atoms with van der Waals surface area (Å²) in [5, 5.41) is 34.4. The number of nitrogens with zero attached hydrogens (tertiary/aromatic N) is 6. The van der Waals surface area contributed by atoms with Crippen molar-refractivity contribution in [1.82, 2.24) is 24.5 Å². The van der Waals surface area contributed by atoms with Crippen molar-refractivity contribution in [2.45, 2.75) is 24.5 Å². The molecule has 0 unspecified atom stereocenters. The van der Waals surface area contributed by atoms with Crippen LogP contribution in [0.15, 0.2) is 72.6 Å². The van der Waals surface area contributed by atoms with Crippen LogP contribution in [0.1, 0.15) is 17.4 Å². The molecule has 11 heteroatoms. The maximum absolute atomic E-state index is 10.4. The van der Waals surface area contributed by atoms with Crippen LogP contribution >= 0.6 is 0 Å². The van der Waals surface area contributed by atoms with Crippen molar-refractivity contribution in [1.29, 1.82) is 0 Å². The third kappa shape index (κ3) is 3.94. The monoisotopic (exact) mass is 447 g/mol. The van der Waals surface area contributed by atoms with Gasteiger partial charge in [-0.2, -0.15) is 5.10 Å². The third-order valence-electron chi connectivity index (χ3n) is 5.41. The zero-order chi connectivity index (χ0) is 22.8. The summed E-state index contributed by atoms with van der Waals surface area (Å²) < 4.78 is 7.09. The van der Waals surface area contributed by atoms with Gasteiger partial charge in [-0.1, -0.05) is 30.3 Å². The van der Waals surface area contributed by atoms with E-state index in [4.69, 9.17) is 4.74 Å². The number of hydrogen-bond donors (Lipinski definition) is 4. The molecule has 0 amide bonds. The van der Waals surface area contributed by atoms with E-state index < -0.39 is 31.1 Å². The molecule has 168 valence electrons. The molecular weight excluding hydrogens is 426 g/mol. The minimum absolute atomic E-state index is 0.350. The second-order valence-electron chi connectivity index (χ2n) is 7.46. The van der Waals surface area contributed by atoms with Crippen LogP contribution < -0.4 is 5.43 Å². The molecule has 1 aliphatic heterocycles. The number of aliphatic hydroxyl groups excluding tert-OH is 3. The molecule has 4 N–H and O–H groups in total. The van der Waals surface area contributed by atoms with E-state index >= 15 is 0 Å². The number of anilines is 1. The van der Waals surface area contributed by atoms with E-state index in [0.717, 1.165) is 11.1 Å². The Balaban J connectivity index is 1.50. The van der Waals surface area contributed by atoms with Crippen molar-refractivity contribution in [2.75, 3.05) is 12.0 Å². The summed E-state index contributed by atoms with van der Waals surface area (Å²) in [4.78, 5) is 17.1. The fourth-order valence-corrected chi connectivity index (χ4v) is 3.73. The average molecular weight is 447 g/mol. The Morgan fingerprint density at radius 1 is 1.03 bits per heavy atom. The Labute approximate surface area is 188 Å². The van der Waals surface area contributed by atoms with E-state index in [-0.39, 0.29) is 0 Å². The number of imidazole rings is 1. The van der Waals surface area contributed by atoms with Gasteiger partial charge in [0.15, 0.2) is 23.2 Å². The Bertz CT molecular complexity index is 1220. The molecule has 4 heterocycles. The standard InChI is InChI=1S/C22H21N7O4/c30-10-15-18(31)19(32)22(33-15)29-12-26-17-20(24-11-25-21(17)29)28-27-16(13-5-2-1-3-6-13)14-7-4-8-23-9-14/h1-9,11-12,15,18-19,22,30-32H,10H2,(H,24,25,28)/b27-16-/t15-,18-,19-,22-/m1/s1. The topological polar surface area (TPSA) is 151 Å². The van der Waals surface area contributed by atoms with E-state index in [1.807, 2.05) is 42.5 Å². The van der Waals surface area contributed by atoms with Crippen LogP contribution in [0.25, 0.3) is 11.2 Å². The van der Waals surface area contributed by atoms with Crippen molar-refractivity contribution in [3.05, 3.63) is 78.6 Å². The molecular formula is C22H21N7O4. The highest BCUT2D eigenvalue weighted by molar-refractivity contribution is 6.13. The van der Waals surface area contributed by atoms with E-state index in [1.165, 1.54) is 17.2 Å². The molecule has 0 bridgehead atoms. The Morgan fingerprint density at radius 2 is 1.85 bits per heavy atom. The minimum Gasteiger partial charge on any atom is -0.394 e. The molecule has 1 aromatic carbocycles. The highest BCUT2D eigenvalue weighted by Crippen LogP contribution is 2.32. The number of hydrazone groups is 1. The van der Waals surface area contributed by atoms with Crippen molar-refractivity contribution in [2.24, 2.45) is 5.10 Å². The second-order valence-corrected chi connectivity index (χ2v) is 7.46. The number of ether oxygens (including phenoxy) is 1. The number of pyridine rings is 1. The van der Waals surface area contributed by atoms with Gasteiger partial charge in [0.1, 0.15) is 24.6 Å². The first-order valence-electron chi connectivity index (χ1n) is 10.3. The van der Waals surface area contributed by atoms with Gasteiger partial charge >= 0.3 is 0 Å². The van der Waals surface area contributed by atoms with Crippen LogP contribution in [0, 0.1) is 0 Å². The highest BCUT2D eigenvalue weighted by Gasteiger charge is 2.44. The molecule has 0 aliphatic carbocycles. The summed E-state index contributed by atoms with van der Waals surface area (Å²) in [6.07, 6.45) is 1.86. The maximum Gasteiger partial charge on any atom is 0.177 e. The smallest absolute Gasteiger partial charge is 0.177 e. The summed E-state index contributed by atoms with van der Waals surface area (Å²) in [5.41, 5.74) is 6.12. The first kappa shape index (κ1) is 21.1. The van der Waals surface area contributed by atoms with Gasteiger partial charge in [0.2, 0.25) is 0 Å². The highest BCUT2D eigenvalue weighted by atomic mass is 16.6. The molecule has 3 aromatic heterocycles. The number of hydrogen-bond acceptors (Lipinski definition) is 10. The van der Waals surface area contributed by atoms with Crippen LogP contribution in [-0.2, 0) is 4.74 Å². The van der Waals surface area contributed by atoms with Gasteiger partial charge in [-0.3, -0.25) is 15.0 Å². The Kier molecular flexibility index (Phi) is 5.75. The molecule has 4 aromatic rings. The van der Waals surface area contributed by atoms with Crippen molar-refractivity contribution >= 4 is 22.7 Å². The molecule has 11 nitrogen and oxygen atoms in total. The van der Waals surface area contributed by atoms with Gasteiger partial charge in [-0.25, -0.2) is 15.0 Å². The van der Waals surface area contributed by atoms with Crippen LogP contribution in [0.4, 0.5) is 5.82 Å². The molecule has 5 rings (SSSR count). The number of benzene rings is 1. The van der Waals surface area contributed by atoms with Gasteiger partial charge in [0.25, 0.3) is 0 Å². The summed E-state index contributed by atoms with van der Waals surface area (Å²) in [7, 11) is 0. The predicted octanol–water partition coefficient (Wildman–Crippen LogP) is 0.697. The van der Waals surface area contributed by atoms with Crippen LogP contribution in [0.3, 0.4) is 0 Å². The van der Waals surface area contributed by atoms with Crippen LogP contribution in [0.2, 0.25) is 0 Å². The number of rotatable bonds is 6. The van der Waals surface area contributed by atoms with Crippen LogP contribution in [0.5, 0.6) is 0 Å². The summed E-state index contributed by atoms with van der Waals surface area (Å²) in [6, 6.07) is 13.4. The normalized spacial score (nSPS) is 23.2. The van der Waals surface area contributed by atoms with E-state index in [9.17, 15) is 15.3 Å². The lowest BCUT2D eigenvalue weighted by molar-refractivity contribution is -0.0511. The van der Waals surface area contributed by atoms with Crippen molar-refractivity contribution in [3.8, 4) is 0 Å². The first-order valence-corrected chi connectivity index (χ1v) is 10.3. The molecule has 0 radical (unpaired) electrons. The molecule has 1 aliphatic rings. The van der Waals surface area contributed by atoms with Gasteiger partial charge in [-0.15, -0.1) is 0 Å². The molecule has 1 fully saturated rings. The fourth-order valence-electron chi connectivity index (χ4n) is 3.73. The van der Waals surface area contributed by atoms with Gasteiger partial charge in [-0.05, 0) is 12.1 Å². The quantitative estimate of drug-likeness (QED) is 0.247. The average Bonchev–Trinajstić information content (AvgIpc) is 3.42. The predicted molar refractivity (Wildman–Crippen MR) is 118 cm³/mol. The van der Waals surface area contributed by atoms with E-state index in [0.29, 0.717) is 22.7 Å². The molecule has 0 saturated carbocycles. The fraction of sp³-hybridized carbons (Fsp3) is 0.227. The summed E-state index contributed by atoms with van der Waals surface area (Å²) in [6.45, 7) is -0.422. The number of aliphatic hydroxyl groups is 3. The molecule has 4 atom stereocenters. The Morgan fingerprint density at radius 3 is 2.58 bits per heavy atom. The van der Waals surface area contributed by atoms with Gasteiger partial charge in [0, 0.05) is 23.5 Å². The summed E-state index contributed by atoms with van der Waals surface area (Å²) in [5.74, 6) is 0.350. The lowest BCUT2D eigenvalue weighted by Gasteiger charge is -2.16. The van der Waals surface area contributed by atoms with E-state index in [2.05, 4.69) is 30.5 Å². The molecule has 0 spiro atoms. The number of aromatic nitrogens is 5. The maximum atomic E-state index is 10.4.